The Labute approximate surface area is 219 Å². The van der Waals surface area contributed by atoms with Crippen LogP contribution in [-0.2, 0) is 9.59 Å². The van der Waals surface area contributed by atoms with Gasteiger partial charge in [-0.25, -0.2) is 0 Å². The van der Waals surface area contributed by atoms with Gasteiger partial charge >= 0.3 is 0 Å². The molecule has 0 aromatic heterocycles. The average molecular weight is 513 g/mol. The molecule has 0 bridgehead atoms. The minimum absolute atomic E-state index is 0.0700. The second kappa shape index (κ2) is 13.5. The van der Waals surface area contributed by atoms with Crippen LogP contribution in [0.15, 0.2) is 54.1 Å². The minimum atomic E-state index is -0.739. The van der Waals surface area contributed by atoms with Crippen molar-refractivity contribution in [2.75, 3.05) is 33.3 Å². The third-order valence-electron chi connectivity index (χ3n) is 6.62. The van der Waals surface area contributed by atoms with Gasteiger partial charge in [0.25, 0.3) is 11.7 Å². The summed E-state index contributed by atoms with van der Waals surface area (Å²) in [6.45, 7) is 7.68. The monoisotopic (exact) mass is 512 g/mol. The fraction of sp³-hybridized carbons (Fsp3) is 0.448. The molecule has 0 aliphatic carbocycles. The Morgan fingerprint density at radius 3 is 2.19 bits per heavy atom. The second-order valence-corrected chi connectivity index (χ2v) is 9.58. The molecule has 2 aromatic rings. The van der Waals surface area contributed by atoms with Crippen LogP contribution in [0.2, 0.25) is 5.02 Å². The summed E-state index contributed by atoms with van der Waals surface area (Å²) < 4.78 is 5.58. The highest BCUT2D eigenvalue weighted by Gasteiger charge is 2.46. The summed E-state index contributed by atoms with van der Waals surface area (Å²) in [5.41, 5.74) is 1.17. The van der Waals surface area contributed by atoms with Crippen LogP contribution >= 0.6 is 11.6 Å². The first-order valence-corrected chi connectivity index (χ1v) is 13.2. The Hall–Kier alpha value is -2.83. The third kappa shape index (κ3) is 6.48. The molecule has 6 nitrogen and oxygen atoms in total. The van der Waals surface area contributed by atoms with Crippen molar-refractivity contribution in [3.63, 3.8) is 0 Å². The largest absolute Gasteiger partial charge is 0.507 e. The zero-order chi connectivity index (χ0) is 26.1. The van der Waals surface area contributed by atoms with E-state index in [4.69, 9.17) is 16.3 Å². The molecular formula is C29H37ClN2O4. The summed E-state index contributed by atoms with van der Waals surface area (Å²) in [4.78, 5) is 30.6. The normalized spacial score (nSPS) is 17.2. The molecule has 36 heavy (non-hydrogen) atoms. The first-order valence-electron chi connectivity index (χ1n) is 12.8. The molecule has 1 heterocycles. The quantitative estimate of drug-likeness (QED) is 0.200. The van der Waals surface area contributed by atoms with Crippen molar-refractivity contribution in [2.24, 2.45) is 0 Å². The van der Waals surface area contributed by atoms with E-state index in [-0.39, 0.29) is 11.3 Å². The van der Waals surface area contributed by atoms with Crippen LogP contribution in [-0.4, -0.2) is 59.9 Å². The van der Waals surface area contributed by atoms with Crippen molar-refractivity contribution < 1.29 is 19.4 Å². The Balaban J connectivity index is 1.95. The van der Waals surface area contributed by atoms with Crippen LogP contribution in [0.1, 0.15) is 63.1 Å². The van der Waals surface area contributed by atoms with Gasteiger partial charge in [-0.15, -0.1) is 0 Å². The number of rotatable bonds is 13. The maximum atomic E-state index is 13.3. The van der Waals surface area contributed by atoms with Gasteiger partial charge in [0, 0.05) is 22.7 Å². The maximum absolute atomic E-state index is 13.3. The van der Waals surface area contributed by atoms with E-state index >= 15 is 0 Å². The first kappa shape index (κ1) is 27.8. The molecule has 0 radical (unpaired) electrons. The number of Topliss-reactive ketones (excluding diaryl/α,β-unsaturated/α-hetero) is 1. The fourth-order valence-corrected chi connectivity index (χ4v) is 4.78. The predicted octanol–water partition coefficient (Wildman–Crippen LogP) is 6.06. The highest BCUT2D eigenvalue weighted by atomic mass is 35.5. The number of hydrogen-bond donors (Lipinski definition) is 1. The number of benzene rings is 2. The van der Waals surface area contributed by atoms with Crippen LogP contribution in [0.5, 0.6) is 5.75 Å². The molecule has 7 heteroatoms. The number of methoxy groups -OCH3 is 1. The Morgan fingerprint density at radius 2 is 1.58 bits per heavy atom. The van der Waals surface area contributed by atoms with Crippen LogP contribution in [0.3, 0.4) is 0 Å². The van der Waals surface area contributed by atoms with Crippen LogP contribution in [0.4, 0.5) is 0 Å². The second-order valence-electron chi connectivity index (χ2n) is 9.14. The first-order chi connectivity index (χ1) is 17.4. The molecule has 0 unspecified atom stereocenters. The van der Waals surface area contributed by atoms with Crippen molar-refractivity contribution in [2.45, 2.75) is 52.0 Å². The van der Waals surface area contributed by atoms with Gasteiger partial charge in [0.2, 0.25) is 0 Å². The van der Waals surface area contributed by atoms with E-state index in [2.05, 4.69) is 18.7 Å². The number of aliphatic hydroxyl groups excluding tert-OH is 1. The lowest BCUT2D eigenvalue weighted by Crippen LogP contribution is -2.34. The van der Waals surface area contributed by atoms with E-state index in [1.54, 1.807) is 42.3 Å². The molecule has 3 rings (SSSR count). The number of aliphatic hydroxyl groups is 1. The molecule has 1 atom stereocenters. The van der Waals surface area contributed by atoms with Crippen molar-refractivity contribution in [3.05, 3.63) is 70.3 Å². The molecule has 1 aliphatic heterocycles. The lowest BCUT2D eigenvalue weighted by molar-refractivity contribution is -0.140. The van der Waals surface area contributed by atoms with Crippen LogP contribution in [0.25, 0.3) is 5.76 Å². The molecule has 2 aromatic carbocycles. The van der Waals surface area contributed by atoms with E-state index < -0.39 is 17.7 Å². The van der Waals surface area contributed by atoms with Crippen LogP contribution < -0.4 is 4.74 Å². The number of hydrogen-bond acceptors (Lipinski definition) is 5. The lowest BCUT2D eigenvalue weighted by atomic mass is 9.94. The van der Waals surface area contributed by atoms with Gasteiger partial charge in [-0.05, 0) is 69.2 Å². The van der Waals surface area contributed by atoms with Crippen molar-refractivity contribution in [1.29, 1.82) is 0 Å². The summed E-state index contributed by atoms with van der Waals surface area (Å²) in [5, 5.41) is 11.7. The topological polar surface area (TPSA) is 70.1 Å². The van der Waals surface area contributed by atoms with Crippen molar-refractivity contribution in [1.82, 2.24) is 9.80 Å². The number of carbonyl (C=O) groups is 2. The predicted molar refractivity (Wildman–Crippen MR) is 144 cm³/mol. The highest BCUT2D eigenvalue weighted by molar-refractivity contribution is 6.46. The molecule has 194 valence electrons. The van der Waals surface area contributed by atoms with Gasteiger partial charge in [0.1, 0.15) is 11.5 Å². The highest BCUT2D eigenvalue weighted by Crippen LogP contribution is 2.42. The van der Waals surface area contributed by atoms with E-state index in [1.165, 1.54) is 0 Å². The average Bonchev–Trinajstić information content (AvgIpc) is 3.14. The molecule has 1 aliphatic rings. The number of carbonyl (C=O) groups excluding carboxylic acids is 2. The third-order valence-corrected chi connectivity index (χ3v) is 6.87. The van der Waals surface area contributed by atoms with E-state index in [1.807, 2.05) is 18.2 Å². The zero-order valence-corrected chi connectivity index (χ0v) is 22.3. The Bertz CT molecular complexity index is 1060. The van der Waals surface area contributed by atoms with Crippen LogP contribution in [0, 0.1) is 0 Å². The number of ketones is 1. The molecule has 1 N–H and O–H groups in total. The number of para-hydroxylation sites is 1. The molecule has 1 amide bonds. The summed E-state index contributed by atoms with van der Waals surface area (Å²) in [7, 11) is 1.56. The SMILES string of the molecule is CCCCN(CCCC)CCCN1C(=O)C(=O)C(=C(O)c2ccc(Cl)cc2)[C@H]1c1ccccc1OC. The molecule has 0 saturated carbocycles. The Morgan fingerprint density at radius 1 is 0.972 bits per heavy atom. The van der Waals surface area contributed by atoms with Gasteiger partial charge in [-0.2, -0.15) is 0 Å². The van der Waals surface area contributed by atoms with E-state index in [0.717, 1.165) is 51.7 Å². The van der Waals surface area contributed by atoms with Gasteiger partial charge in [0.15, 0.2) is 0 Å². The molecule has 1 fully saturated rings. The fourth-order valence-electron chi connectivity index (χ4n) is 4.65. The van der Waals surface area contributed by atoms with Gasteiger partial charge in [-0.3, -0.25) is 9.59 Å². The molecular weight excluding hydrogens is 476 g/mol. The van der Waals surface area contributed by atoms with Crippen molar-refractivity contribution >= 4 is 29.1 Å². The van der Waals surface area contributed by atoms with Crippen molar-refractivity contribution in [3.8, 4) is 5.75 Å². The zero-order valence-electron chi connectivity index (χ0n) is 21.5. The number of nitrogens with zero attached hydrogens (tertiary/aromatic N) is 2. The lowest BCUT2D eigenvalue weighted by Gasteiger charge is -2.28. The Kier molecular flexibility index (Phi) is 10.4. The smallest absolute Gasteiger partial charge is 0.295 e. The van der Waals surface area contributed by atoms with Gasteiger partial charge < -0.3 is 19.6 Å². The number of halogens is 1. The summed E-state index contributed by atoms with van der Waals surface area (Å²) in [6, 6.07) is 13.2. The molecule has 0 spiro atoms. The van der Waals surface area contributed by atoms with Gasteiger partial charge in [0.05, 0.1) is 18.7 Å². The summed E-state index contributed by atoms with van der Waals surface area (Å²) in [5.74, 6) is -0.942. The number of unbranched alkanes of at least 4 members (excludes halogenated alkanes) is 2. The van der Waals surface area contributed by atoms with Gasteiger partial charge in [-0.1, -0.05) is 56.5 Å². The number of likely N-dealkylation sites (tertiary alicyclic amines) is 1. The van der Waals surface area contributed by atoms with E-state index in [9.17, 15) is 14.7 Å². The summed E-state index contributed by atoms with van der Waals surface area (Å²) >= 11 is 6.01. The van der Waals surface area contributed by atoms with E-state index in [0.29, 0.717) is 28.4 Å². The standard InChI is InChI=1S/C29H37ClN2O4/c1-4-6-17-31(18-7-5-2)19-10-20-32-26(23-11-8-9-12-24(23)36-3)25(28(34)29(32)35)27(33)21-13-15-22(30)16-14-21/h8-9,11-16,26,33H,4-7,10,17-20H2,1-3H3/t26-/m1/s1. The summed E-state index contributed by atoms with van der Waals surface area (Å²) in [6.07, 6.45) is 5.27. The number of amides is 1. The number of ether oxygens (including phenoxy) is 1. The minimum Gasteiger partial charge on any atom is -0.507 e. The molecule has 1 saturated heterocycles. The maximum Gasteiger partial charge on any atom is 0.295 e.